The summed E-state index contributed by atoms with van der Waals surface area (Å²) in [5.41, 5.74) is 1.90. The van der Waals surface area contributed by atoms with E-state index in [1.54, 1.807) is 7.11 Å². The summed E-state index contributed by atoms with van der Waals surface area (Å²) in [5, 5.41) is 18.7. The van der Waals surface area contributed by atoms with Crippen LogP contribution in [0.25, 0.3) is 11.0 Å². The smallest absolute Gasteiger partial charge is 0.475 e. The molecular weight excluding hydrogens is 565 g/mol. The van der Waals surface area contributed by atoms with Crippen molar-refractivity contribution in [2.75, 3.05) is 37.4 Å². The Morgan fingerprint density at radius 2 is 1.67 bits per heavy atom. The van der Waals surface area contributed by atoms with Crippen LogP contribution in [0.3, 0.4) is 0 Å². The molecule has 2 aliphatic carbocycles. The molecule has 15 heteroatoms. The molecule has 3 N–H and O–H groups in total. The summed E-state index contributed by atoms with van der Waals surface area (Å²) >= 11 is 0. The van der Waals surface area contributed by atoms with Crippen LogP contribution in [0.5, 0.6) is 0 Å². The maximum Gasteiger partial charge on any atom is 0.490 e. The number of carboxylic acid groups (broad SMARTS) is 1. The van der Waals surface area contributed by atoms with Crippen LogP contribution in [0.15, 0.2) is 0 Å². The van der Waals surface area contributed by atoms with Crippen LogP contribution in [0.4, 0.5) is 33.7 Å². The zero-order valence-corrected chi connectivity index (χ0v) is 24.2. The molecule has 1 aliphatic heterocycles. The first-order valence-electron chi connectivity index (χ1n) is 14.4. The number of nitrogens with zero attached hydrogens (tertiary/aromatic N) is 5. The molecule has 5 rings (SSSR count). The van der Waals surface area contributed by atoms with E-state index in [0.29, 0.717) is 31.4 Å². The molecular formula is C27H40F5N7O3. The molecule has 2 aromatic rings. The first-order valence-corrected chi connectivity index (χ1v) is 14.4. The fraction of sp³-hybridized carbons (Fsp3) is 0.778. The van der Waals surface area contributed by atoms with Crippen molar-refractivity contribution in [3.63, 3.8) is 0 Å². The van der Waals surface area contributed by atoms with E-state index in [1.807, 2.05) is 18.7 Å². The number of piperidine rings is 1. The van der Waals surface area contributed by atoms with Gasteiger partial charge in [0.25, 0.3) is 0 Å². The quantitative estimate of drug-likeness (QED) is 0.369. The lowest BCUT2D eigenvalue weighted by molar-refractivity contribution is -0.192. The van der Waals surface area contributed by atoms with E-state index >= 15 is 0 Å². The molecule has 3 fully saturated rings. The van der Waals surface area contributed by atoms with E-state index in [-0.39, 0.29) is 12.8 Å². The highest BCUT2D eigenvalue weighted by Crippen LogP contribution is 2.40. The SMILES string of the molecule is COC1(CNc2nc(NC3CCN(C4CCCC4)CC3)c3c(n2)c(C)nn3C)CCC(F)(F)CC1.O=C(O)C(F)(F)F. The van der Waals surface area contributed by atoms with Crippen LogP contribution >= 0.6 is 0 Å². The molecule has 0 unspecified atom stereocenters. The third-order valence-corrected chi connectivity index (χ3v) is 8.70. The van der Waals surface area contributed by atoms with Gasteiger partial charge < -0.3 is 25.4 Å². The Bertz CT molecular complexity index is 1210. The predicted octanol–water partition coefficient (Wildman–Crippen LogP) is 5.13. The standard InChI is InChI=1S/C25H39F2N7O.C2HF3O2/c1-17-20-21(33(2)32-17)22(29-18-8-14-34(15-9-18)19-6-4-5-7-19)31-23(30-20)28-16-24(35-3)10-12-25(26,27)13-11-24;3-2(4,5)1(6)7/h18-19H,4-16H2,1-3H3,(H2,28,29,30,31);(H,6,7). The van der Waals surface area contributed by atoms with Crippen LogP contribution < -0.4 is 10.6 Å². The Labute approximate surface area is 241 Å². The number of methoxy groups -OCH3 is 1. The van der Waals surface area contributed by atoms with Gasteiger partial charge in [0, 0.05) is 58.7 Å². The number of aromatic nitrogens is 4. The van der Waals surface area contributed by atoms with E-state index in [2.05, 4.69) is 20.6 Å². The number of carbonyl (C=O) groups is 1. The zero-order chi connectivity index (χ0) is 30.7. The van der Waals surface area contributed by atoms with E-state index in [0.717, 1.165) is 54.5 Å². The number of rotatable bonds is 7. The Hall–Kier alpha value is -2.81. The van der Waals surface area contributed by atoms with Gasteiger partial charge in [-0.1, -0.05) is 12.8 Å². The number of fused-ring (bicyclic) bond motifs is 1. The first-order chi connectivity index (χ1) is 19.7. The number of ether oxygens (including phenoxy) is 1. The number of aliphatic carboxylic acids is 1. The van der Waals surface area contributed by atoms with Crippen molar-refractivity contribution in [1.82, 2.24) is 24.6 Å². The lowest BCUT2D eigenvalue weighted by Gasteiger charge is -2.39. The monoisotopic (exact) mass is 605 g/mol. The third kappa shape index (κ3) is 7.77. The van der Waals surface area contributed by atoms with E-state index in [4.69, 9.17) is 24.6 Å². The molecule has 42 heavy (non-hydrogen) atoms. The highest BCUT2D eigenvalue weighted by molar-refractivity contribution is 5.88. The molecule has 0 spiro atoms. The Morgan fingerprint density at radius 1 is 1.07 bits per heavy atom. The van der Waals surface area contributed by atoms with E-state index < -0.39 is 23.7 Å². The number of alkyl halides is 5. The van der Waals surface area contributed by atoms with Crippen LogP contribution in [0, 0.1) is 6.92 Å². The van der Waals surface area contributed by atoms with Crippen LogP contribution in [0.1, 0.15) is 69.9 Å². The number of anilines is 2. The second kappa shape index (κ2) is 12.8. The molecule has 0 amide bonds. The summed E-state index contributed by atoms with van der Waals surface area (Å²) in [5.74, 6) is -4.10. The van der Waals surface area contributed by atoms with Crippen molar-refractivity contribution >= 4 is 28.8 Å². The molecule has 1 saturated heterocycles. The number of hydrogen-bond donors (Lipinski definition) is 3. The van der Waals surface area contributed by atoms with Gasteiger partial charge in [-0.2, -0.15) is 23.3 Å². The summed E-state index contributed by atoms with van der Waals surface area (Å²) in [6, 6.07) is 1.12. The second-order valence-electron chi connectivity index (χ2n) is 11.6. The average Bonchev–Trinajstić information content (AvgIpc) is 3.57. The van der Waals surface area contributed by atoms with Gasteiger partial charge in [0.1, 0.15) is 11.0 Å². The second-order valence-corrected chi connectivity index (χ2v) is 11.6. The summed E-state index contributed by atoms with van der Waals surface area (Å²) in [6.45, 7) is 4.58. The molecule has 3 aliphatic rings. The minimum Gasteiger partial charge on any atom is -0.475 e. The fourth-order valence-corrected chi connectivity index (χ4v) is 6.15. The van der Waals surface area contributed by atoms with Gasteiger partial charge in [-0.15, -0.1) is 0 Å². The molecule has 10 nitrogen and oxygen atoms in total. The summed E-state index contributed by atoms with van der Waals surface area (Å²) in [7, 11) is 3.52. The number of nitrogens with one attached hydrogen (secondary N) is 2. The van der Waals surface area contributed by atoms with Crippen molar-refractivity contribution in [3.8, 4) is 0 Å². The molecule has 0 atom stereocenters. The first kappa shape index (κ1) is 32.1. The topological polar surface area (TPSA) is 117 Å². The van der Waals surface area contributed by atoms with Crippen molar-refractivity contribution in [1.29, 1.82) is 0 Å². The van der Waals surface area contributed by atoms with Gasteiger partial charge in [-0.05, 0) is 45.4 Å². The van der Waals surface area contributed by atoms with Gasteiger partial charge in [0.2, 0.25) is 11.9 Å². The summed E-state index contributed by atoms with van der Waals surface area (Å²) in [4.78, 5) is 21.1. The summed E-state index contributed by atoms with van der Waals surface area (Å²) in [6.07, 6.45) is 2.81. The third-order valence-electron chi connectivity index (χ3n) is 8.70. The van der Waals surface area contributed by atoms with Crippen molar-refractivity contribution in [3.05, 3.63) is 5.69 Å². The summed E-state index contributed by atoms with van der Waals surface area (Å²) < 4.78 is 66.8. The van der Waals surface area contributed by atoms with Crippen LogP contribution in [-0.2, 0) is 16.6 Å². The van der Waals surface area contributed by atoms with Crippen LogP contribution in [0.2, 0.25) is 0 Å². The average molecular weight is 606 g/mol. The molecule has 0 radical (unpaired) electrons. The van der Waals surface area contributed by atoms with Gasteiger partial charge in [-0.25, -0.2) is 18.6 Å². The van der Waals surface area contributed by atoms with Gasteiger partial charge >= 0.3 is 12.1 Å². The maximum absolute atomic E-state index is 13.7. The zero-order valence-electron chi connectivity index (χ0n) is 24.2. The molecule has 0 bridgehead atoms. The van der Waals surface area contributed by atoms with Crippen molar-refractivity contribution in [2.45, 2.75) is 101 Å². The number of carboxylic acids is 1. The van der Waals surface area contributed by atoms with E-state index in [1.165, 1.54) is 25.7 Å². The van der Waals surface area contributed by atoms with Crippen molar-refractivity contribution < 1.29 is 36.6 Å². The van der Waals surface area contributed by atoms with Gasteiger partial charge in [0.15, 0.2) is 5.82 Å². The van der Waals surface area contributed by atoms with E-state index in [9.17, 15) is 22.0 Å². The molecule has 3 heterocycles. The normalized spacial score (nSPS) is 21.6. The number of hydrogen-bond acceptors (Lipinski definition) is 8. The van der Waals surface area contributed by atoms with Crippen LogP contribution in [-0.4, -0.2) is 92.3 Å². The minimum absolute atomic E-state index is 0.156. The van der Waals surface area contributed by atoms with Gasteiger partial charge in [-0.3, -0.25) is 4.68 Å². The maximum atomic E-state index is 13.7. The minimum atomic E-state index is -5.08. The molecule has 236 valence electrons. The Kier molecular flexibility index (Phi) is 9.80. The fourth-order valence-electron chi connectivity index (χ4n) is 6.15. The predicted molar refractivity (Wildman–Crippen MR) is 147 cm³/mol. The van der Waals surface area contributed by atoms with Gasteiger partial charge in [0.05, 0.1) is 11.3 Å². The molecule has 2 aromatic heterocycles. The number of aryl methyl sites for hydroxylation is 2. The Morgan fingerprint density at radius 3 is 2.21 bits per heavy atom. The highest BCUT2D eigenvalue weighted by Gasteiger charge is 2.43. The lowest BCUT2D eigenvalue weighted by atomic mass is 9.82. The molecule has 2 saturated carbocycles. The highest BCUT2D eigenvalue weighted by atomic mass is 19.4. The molecule has 0 aromatic carbocycles. The van der Waals surface area contributed by atoms with Crippen molar-refractivity contribution in [2.24, 2.45) is 7.05 Å². The number of halogens is 5. The Balaban J connectivity index is 0.000000517. The lowest BCUT2D eigenvalue weighted by Crippen LogP contribution is -2.45. The largest absolute Gasteiger partial charge is 0.490 e. The number of likely N-dealkylation sites (tertiary alicyclic amines) is 1.